The van der Waals surface area contributed by atoms with E-state index in [1.165, 1.54) is 17.8 Å². The first-order valence-corrected chi connectivity index (χ1v) is 14.4. The van der Waals surface area contributed by atoms with E-state index in [9.17, 15) is 9.59 Å². The predicted molar refractivity (Wildman–Crippen MR) is 146 cm³/mol. The number of hydrogen-bond donors (Lipinski definition) is 1. The molecule has 0 radical (unpaired) electrons. The third-order valence-corrected chi connectivity index (χ3v) is 7.98. The van der Waals surface area contributed by atoms with Crippen LogP contribution in [0.3, 0.4) is 0 Å². The van der Waals surface area contributed by atoms with Crippen molar-refractivity contribution in [1.82, 2.24) is 5.32 Å². The maximum absolute atomic E-state index is 13.4. The van der Waals surface area contributed by atoms with Crippen molar-refractivity contribution in [3.8, 4) is 5.75 Å². The van der Waals surface area contributed by atoms with Crippen LogP contribution in [0.1, 0.15) is 78.5 Å². The average molecular weight is 550 g/mol. The third kappa shape index (κ3) is 7.83. The summed E-state index contributed by atoms with van der Waals surface area (Å²) in [5.41, 5.74) is -0.856. The lowest BCUT2D eigenvalue weighted by Crippen LogP contribution is -2.45. The summed E-state index contributed by atoms with van der Waals surface area (Å²) in [7, 11) is 0. The highest BCUT2D eigenvalue weighted by Gasteiger charge is 2.40. The van der Waals surface area contributed by atoms with Gasteiger partial charge in [-0.25, -0.2) is 4.79 Å². The summed E-state index contributed by atoms with van der Waals surface area (Å²) in [5, 5.41) is 7.91. The second-order valence-electron chi connectivity index (χ2n) is 10.8. The molecule has 1 aromatic rings. The SMILES string of the molecule is CCC[C@@H](NC(=O)C1(C)CSC(/C(C)=N/OCCC2COC(C)(C)O2)=N1)c1cc(OCC2CC2)cc(=O)o1. The number of oxime groups is 1. The van der Waals surface area contributed by atoms with E-state index in [0.29, 0.717) is 66.6 Å². The minimum Gasteiger partial charge on any atom is -0.493 e. The molecule has 0 aromatic carbocycles. The molecule has 1 aromatic heterocycles. The van der Waals surface area contributed by atoms with Crippen molar-refractivity contribution in [3.63, 3.8) is 0 Å². The molecule has 3 aliphatic rings. The summed E-state index contributed by atoms with van der Waals surface area (Å²) in [5.74, 6) is 1.10. The van der Waals surface area contributed by atoms with Crippen molar-refractivity contribution >= 4 is 28.4 Å². The Kier molecular flexibility index (Phi) is 9.20. The lowest BCUT2D eigenvalue weighted by Gasteiger charge is -2.24. The van der Waals surface area contributed by atoms with Crippen LogP contribution in [0.5, 0.6) is 5.75 Å². The zero-order valence-corrected chi connectivity index (χ0v) is 23.7. The van der Waals surface area contributed by atoms with Crippen LogP contribution < -0.4 is 15.7 Å². The monoisotopic (exact) mass is 549 g/mol. The van der Waals surface area contributed by atoms with Crippen LogP contribution in [0.15, 0.2) is 31.5 Å². The molecule has 2 aliphatic heterocycles. The van der Waals surface area contributed by atoms with E-state index in [1.54, 1.807) is 13.0 Å². The first-order valence-electron chi connectivity index (χ1n) is 13.4. The fourth-order valence-corrected chi connectivity index (χ4v) is 5.31. The molecule has 2 unspecified atom stereocenters. The van der Waals surface area contributed by atoms with Gasteiger partial charge in [-0.05, 0) is 52.9 Å². The summed E-state index contributed by atoms with van der Waals surface area (Å²) in [6.45, 7) is 10.9. The topological polar surface area (TPSA) is 121 Å². The molecule has 4 rings (SSSR count). The van der Waals surface area contributed by atoms with Crippen molar-refractivity contribution in [2.24, 2.45) is 16.1 Å². The minimum absolute atomic E-state index is 0.0170. The summed E-state index contributed by atoms with van der Waals surface area (Å²) in [6, 6.07) is 2.60. The Bertz CT molecular complexity index is 1110. The van der Waals surface area contributed by atoms with Gasteiger partial charge in [0.1, 0.15) is 34.4 Å². The zero-order valence-electron chi connectivity index (χ0n) is 22.9. The number of nitrogens with zero attached hydrogens (tertiary/aromatic N) is 2. The van der Waals surface area contributed by atoms with Crippen molar-refractivity contribution in [1.29, 1.82) is 0 Å². The molecular formula is C27H39N3O7S. The van der Waals surface area contributed by atoms with E-state index in [-0.39, 0.29) is 12.0 Å². The molecule has 0 spiro atoms. The van der Waals surface area contributed by atoms with E-state index in [4.69, 9.17) is 23.5 Å². The number of amides is 1. The quantitative estimate of drug-likeness (QED) is 0.221. The fraction of sp³-hybridized carbons (Fsp3) is 0.704. The van der Waals surface area contributed by atoms with Crippen LogP contribution in [-0.4, -0.2) is 59.7 Å². The van der Waals surface area contributed by atoms with Crippen LogP contribution >= 0.6 is 11.8 Å². The molecular weight excluding hydrogens is 510 g/mol. The van der Waals surface area contributed by atoms with E-state index in [0.717, 1.165) is 19.3 Å². The van der Waals surface area contributed by atoms with Gasteiger partial charge in [-0.2, -0.15) is 0 Å². The van der Waals surface area contributed by atoms with Gasteiger partial charge in [0.05, 0.1) is 31.4 Å². The van der Waals surface area contributed by atoms with Crippen molar-refractivity contribution in [2.75, 3.05) is 25.6 Å². The predicted octanol–water partition coefficient (Wildman–Crippen LogP) is 4.22. The number of hydrogen-bond acceptors (Lipinski definition) is 10. The first-order chi connectivity index (χ1) is 18.1. The lowest BCUT2D eigenvalue weighted by molar-refractivity contribution is -0.140. The van der Waals surface area contributed by atoms with Gasteiger partial charge in [0.25, 0.3) is 0 Å². The normalized spacial score (nSPS) is 25.7. The molecule has 1 aliphatic carbocycles. The molecule has 1 saturated heterocycles. The molecule has 210 valence electrons. The number of carbonyl (C=O) groups is 1. The Balaban J connectivity index is 1.35. The largest absolute Gasteiger partial charge is 0.493 e. The second kappa shape index (κ2) is 12.2. The molecule has 0 bridgehead atoms. The standard InChI is InChI=1S/C27H39N3O7S/c1-6-7-21(22-12-20(13-23(31)36-22)33-14-18-8-9-18)28-25(32)27(5)16-38-24(29-27)17(2)30-35-11-10-19-15-34-26(3,4)37-19/h12-13,18-19,21H,6-11,14-16H2,1-5H3,(H,28,32)/b30-17+/t19?,21-,27?/m1/s1. The number of thioether (sulfide) groups is 1. The van der Waals surface area contributed by atoms with Crippen molar-refractivity contribution in [3.05, 3.63) is 28.3 Å². The molecule has 3 atom stereocenters. The van der Waals surface area contributed by atoms with Gasteiger partial charge in [-0.3, -0.25) is 9.79 Å². The molecule has 1 N–H and O–H groups in total. The summed E-state index contributed by atoms with van der Waals surface area (Å²) >= 11 is 1.47. The second-order valence-corrected chi connectivity index (χ2v) is 11.8. The Hall–Kier alpha value is -2.37. The summed E-state index contributed by atoms with van der Waals surface area (Å²) < 4.78 is 22.6. The fourth-order valence-electron chi connectivity index (χ4n) is 4.18. The lowest BCUT2D eigenvalue weighted by atomic mass is 10.0. The molecule has 11 heteroatoms. The van der Waals surface area contributed by atoms with E-state index < -0.39 is 23.0 Å². The molecule has 38 heavy (non-hydrogen) atoms. The Morgan fingerprint density at radius 3 is 2.79 bits per heavy atom. The summed E-state index contributed by atoms with van der Waals surface area (Å²) in [6.07, 6.45) is 4.37. The van der Waals surface area contributed by atoms with Gasteiger partial charge in [0.2, 0.25) is 5.91 Å². The van der Waals surface area contributed by atoms with Gasteiger partial charge in [-0.15, -0.1) is 11.8 Å². The Labute approximate surface area is 227 Å². The number of carbonyl (C=O) groups excluding carboxylic acids is 1. The zero-order chi connectivity index (χ0) is 27.3. The highest BCUT2D eigenvalue weighted by Crippen LogP contribution is 2.32. The molecule has 1 saturated carbocycles. The smallest absolute Gasteiger partial charge is 0.339 e. The van der Waals surface area contributed by atoms with Gasteiger partial charge in [0, 0.05) is 18.2 Å². The highest BCUT2D eigenvalue weighted by molar-refractivity contribution is 8.16. The maximum Gasteiger partial charge on any atom is 0.339 e. The average Bonchev–Trinajstić information content (AvgIpc) is 3.51. The van der Waals surface area contributed by atoms with E-state index in [2.05, 4.69) is 15.5 Å². The van der Waals surface area contributed by atoms with E-state index in [1.807, 2.05) is 27.7 Å². The maximum atomic E-state index is 13.4. The van der Waals surface area contributed by atoms with Gasteiger partial charge in [0.15, 0.2) is 5.79 Å². The minimum atomic E-state index is -0.982. The van der Waals surface area contributed by atoms with Crippen LogP contribution in [0.2, 0.25) is 0 Å². The number of nitrogens with one attached hydrogen (secondary N) is 1. The third-order valence-electron chi connectivity index (χ3n) is 6.61. The Morgan fingerprint density at radius 1 is 1.32 bits per heavy atom. The molecule has 2 fully saturated rings. The van der Waals surface area contributed by atoms with E-state index >= 15 is 0 Å². The summed E-state index contributed by atoms with van der Waals surface area (Å²) in [4.78, 5) is 35.7. The van der Waals surface area contributed by atoms with Crippen LogP contribution in [-0.2, 0) is 19.1 Å². The van der Waals surface area contributed by atoms with Crippen LogP contribution in [0, 0.1) is 5.92 Å². The van der Waals surface area contributed by atoms with Crippen LogP contribution in [0.25, 0.3) is 0 Å². The Morgan fingerprint density at radius 2 is 2.11 bits per heavy atom. The van der Waals surface area contributed by atoms with Crippen molar-refractivity contribution < 1.29 is 28.3 Å². The number of rotatable bonds is 13. The first kappa shape index (κ1) is 28.6. The van der Waals surface area contributed by atoms with Crippen molar-refractivity contribution in [2.45, 2.75) is 90.2 Å². The molecule has 3 heterocycles. The van der Waals surface area contributed by atoms with Gasteiger partial charge in [-0.1, -0.05) is 18.5 Å². The molecule has 1 amide bonds. The molecule has 10 nitrogen and oxygen atoms in total. The van der Waals surface area contributed by atoms with Crippen LogP contribution in [0.4, 0.5) is 0 Å². The number of ether oxygens (including phenoxy) is 3. The highest BCUT2D eigenvalue weighted by atomic mass is 32.2. The van der Waals surface area contributed by atoms with Gasteiger partial charge < -0.3 is 28.8 Å². The number of aliphatic imine (C=N–C) groups is 1. The van der Waals surface area contributed by atoms with Gasteiger partial charge >= 0.3 is 5.63 Å².